The van der Waals surface area contributed by atoms with E-state index < -0.39 is 0 Å². The summed E-state index contributed by atoms with van der Waals surface area (Å²) >= 11 is 5.79. The zero-order valence-corrected chi connectivity index (χ0v) is 9.19. The highest BCUT2D eigenvalue weighted by Crippen LogP contribution is 2.18. The highest BCUT2D eigenvalue weighted by Gasteiger charge is 2.02. The van der Waals surface area contributed by atoms with Gasteiger partial charge in [0.15, 0.2) is 0 Å². The lowest BCUT2D eigenvalue weighted by molar-refractivity contribution is 0.728. The Labute approximate surface area is 97.3 Å². The van der Waals surface area contributed by atoms with Crippen molar-refractivity contribution in [2.75, 3.05) is 5.73 Å². The van der Waals surface area contributed by atoms with Gasteiger partial charge in [-0.2, -0.15) is 0 Å². The summed E-state index contributed by atoms with van der Waals surface area (Å²) in [6.45, 7) is 0.398. The van der Waals surface area contributed by atoms with E-state index in [9.17, 15) is 4.79 Å². The van der Waals surface area contributed by atoms with Crippen LogP contribution in [0.4, 0.5) is 5.69 Å². The summed E-state index contributed by atoms with van der Waals surface area (Å²) in [6.07, 6.45) is 3.13. The van der Waals surface area contributed by atoms with Crippen molar-refractivity contribution >= 4 is 17.3 Å². The number of hydrogen-bond donors (Lipinski definition) is 1. The van der Waals surface area contributed by atoms with Gasteiger partial charge in [-0.3, -0.25) is 4.57 Å². The smallest absolute Gasteiger partial charge is 0.347 e. The van der Waals surface area contributed by atoms with Gasteiger partial charge < -0.3 is 5.73 Å². The van der Waals surface area contributed by atoms with E-state index in [1.54, 1.807) is 30.5 Å². The summed E-state index contributed by atoms with van der Waals surface area (Å²) in [7, 11) is 0. The molecule has 0 unspecified atom stereocenters. The van der Waals surface area contributed by atoms with Crippen molar-refractivity contribution < 1.29 is 0 Å². The molecule has 0 aliphatic carbocycles. The van der Waals surface area contributed by atoms with E-state index in [-0.39, 0.29) is 5.69 Å². The van der Waals surface area contributed by atoms with Gasteiger partial charge in [-0.15, -0.1) is 0 Å². The second-order valence-electron chi connectivity index (χ2n) is 3.37. The first kappa shape index (κ1) is 10.7. The maximum atomic E-state index is 11.4. The number of halogens is 1. The van der Waals surface area contributed by atoms with Crippen molar-refractivity contribution in [2.45, 2.75) is 6.54 Å². The van der Waals surface area contributed by atoms with E-state index in [2.05, 4.69) is 4.98 Å². The lowest BCUT2D eigenvalue weighted by atomic mass is 10.2. The largest absolute Gasteiger partial charge is 0.398 e. The van der Waals surface area contributed by atoms with Gasteiger partial charge in [0.1, 0.15) is 0 Å². The van der Waals surface area contributed by atoms with Crippen LogP contribution in [0.3, 0.4) is 0 Å². The maximum absolute atomic E-state index is 11.4. The molecule has 4 nitrogen and oxygen atoms in total. The number of nitrogens with zero attached hydrogens (tertiary/aromatic N) is 2. The zero-order valence-electron chi connectivity index (χ0n) is 8.43. The molecule has 0 radical (unpaired) electrons. The number of benzene rings is 1. The van der Waals surface area contributed by atoms with Gasteiger partial charge in [0, 0.05) is 23.1 Å². The molecular weight excluding hydrogens is 226 g/mol. The highest BCUT2D eigenvalue weighted by atomic mass is 35.5. The number of nitrogen functional groups attached to an aromatic ring is 1. The van der Waals surface area contributed by atoms with Crippen LogP contribution in [0.5, 0.6) is 0 Å². The third kappa shape index (κ3) is 2.23. The molecular formula is C11H10ClN3O. The predicted molar refractivity (Wildman–Crippen MR) is 63.5 cm³/mol. The third-order valence-corrected chi connectivity index (χ3v) is 2.47. The molecule has 0 aliphatic rings. The molecule has 0 amide bonds. The minimum Gasteiger partial charge on any atom is -0.398 e. The Balaban J connectivity index is 2.35. The molecule has 0 saturated heterocycles. The predicted octanol–water partition coefficient (Wildman–Crippen LogP) is 1.53. The van der Waals surface area contributed by atoms with E-state index in [0.717, 1.165) is 5.56 Å². The highest BCUT2D eigenvalue weighted by molar-refractivity contribution is 6.30. The van der Waals surface area contributed by atoms with E-state index in [0.29, 0.717) is 17.3 Å². The molecule has 5 heteroatoms. The van der Waals surface area contributed by atoms with Crippen LogP contribution < -0.4 is 11.4 Å². The maximum Gasteiger partial charge on any atom is 0.347 e. The summed E-state index contributed by atoms with van der Waals surface area (Å²) in [5.74, 6) is 0. The van der Waals surface area contributed by atoms with E-state index in [1.807, 2.05) is 0 Å². The Morgan fingerprint density at radius 2 is 2.25 bits per heavy atom. The number of nitrogens with two attached hydrogens (primary N) is 1. The number of aromatic nitrogens is 2. The summed E-state index contributed by atoms with van der Waals surface area (Å²) in [4.78, 5) is 15.0. The molecule has 0 bridgehead atoms. The fourth-order valence-corrected chi connectivity index (χ4v) is 1.58. The number of hydrogen-bond acceptors (Lipinski definition) is 3. The molecule has 2 rings (SSSR count). The van der Waals surface area contributed by atoms with Crippen LogP contribution in [-0.4, -0.2) is 9.55 Å². The second kappa shape index (κ2) is 4.37. The van der Waals surface area contributed by atoms with Crippen LogP contribution in [0.25, 0.3) is 0 Å². The lowest BCUT2D eigenvalue weighted by Gasteiger charge is -2.07. The Kier molecular flexibility index (Phi) is 2.92. The third-order valence-electron chi connectivity index (χ3n) is 2.23. The first-order valence-corrected chi connectivity index (χ1v) is 5.10. The van der Waals surface area contributed by atoms with E-state index in [1.165, 1.54) is 10.8 Å². The molecule has 16 heavy (non-hydrogen) atoms. The molecule has 1 aromatic carbocycles. The summed E-state index contributed by atoms with van der Waals surface area (Å²) in [5.41, 5.74) is 6.92. The van der Waals surface area contributed by atoms with Crippen molar-refractivity contribution in [2.24, 2.45) is 0 Å². The lowest BCUT2D eigenvalue weighted by Crippen LogP contribution is -2.22. The van der Waals surface area contributed by atoms with Gasteiger partial charge >= 0.3 is 5.69 Å². The average molecular weight is 236 g/mol. The fraction of sp³-hybridized carbons (Fsp3) is 0.0909. The first-order chi connectivity index (χ1) is 7.66. The molecule has 0 saturated carbocycles. The Morgan fingerprint density at radius 3 is 2.94 bits per heavy atom. The molecule has 0 atom stereocenters. The molecule has 0 spiro atoms. The topological polar surface area (TPSA) is 60.9 Å². The monoisotopic (exact) mass is 235 g/mol. The van der Waals surface area contributed by atoms with Crippen molar-refractivity contribution in [1.82, 2.24) is 9.55 Å². The zero-order chi connectivity index (χ0) is 11.5. The molecule has 2 aromatic rings. The van der Waals surface area contributed by atoms with Crippen molar-refractivity contribution in [3.05, 3.63) is 57.7 Å². The summed E-state index contributed by atoms with van der Waals surface area (Å²) < 4.78 is 1.49. The van der Waals surface area contributed by atoms with Crippen LogP contribution in [0.2, 0.25) is 5.02 Å². The van der Waals surface area contributed by atoms with Gasteiger partial charge in [-0.1, -0.05) is 17.7 Å². The number of rotatable bonds is 2. The van der Waals surface area contributed by atoms with Crippen molar-refractivity contribution in [1.29, 1.82) is 0 Å². The van der Waals surface area contributed by atoms with Crippen molar-refractivity contribution in [3.63, 3.8) is 0 Å². The minimum atomic E-state index is -0.295. The van der Waals surface area contributed by atoms with E-state index >= 15 is 0 Å². The fourth-order valence-electron chi connectivity index (χ4n) is 1.40. The average Bonchev–Trinajstić information content (AvgIpc) is 2.25. The molecule has 1 heterocycles. The number of anilines is 1. The minimum absolute atomic E-state index is 0.295. The quantitative estimate of drug-likeness (QED) is 0.803. The summed E-state index contributed by atoms with van der Waals surface area (Å²) in [5, 5.41) is 0.583. The van der Waals surface area contributed by atoms with Gasteiger partial charge in [-0.05, 0) is 23.8 Å². The van der Waals surface area contributed by atoms with Crippen LogP contribution >= 0.6 is 11.6 Å². The van der Waals surface area contributed by atoms with Gasteiger partial charge in [0.05, 0.1) is 6.54 Å². The van der Waals surface area contributed by atoms with Crippen molar-refractivity contribution in [3.8, 4) is 0 Å². The Morgan fingerprint density at radius 1 is 1.44 bits per heavy atom. The van der Waals surface area contributed by atoms with Crippen LogP contribution in [-0.2, 0) is 6.54 Å². The van der Waals surface area contributed by atoms with Gasteiger partial charge in [0.25, 0.3) is 0 Å². The second-order valence-corrected chi connectivity index (χ2v) is 3.81. The molecule has 2 N–H and O–H groups in total. The standard InChI is InChI=1S/C11H10ClN3O/c12-9-3-2-8(10(13)6-9)7-15-5-1-4-14-11(15)16/h1-6H,7,13H2. The normalized spacial score (nSPS) is 10.3. The summed E-state index contributed by atoms with van der Waals surface area (Å²) in [6, 6.07) is 6.91. The van der Waals surface area contributed by atoms with Gasteiger partial charge in [0.2, 0.25) is 0 Å². The first-order valence-electron chi connectivity index (χ1n) is 4.72. The van der Waals surface area contributed by atoms with Crippen LogP contribution in [0, 0.1) is 0 Å². The molecule has 0 fully saturated rings. The van der Waals surface area contributed by atoms with E-state index in [4.69, 9.17) is 17.3 Å². The molecule has 1 aromatic heterocycles. The van der Waals surface area contributed by atoms with Gasteiger partial charge in [-0.25, -0.2) is 9.78 Å². The van der Waals surface area contributed by atoms with Crippen LogP contribution in [0.15, 0.2) is 41.5 Å². The Hall–Kier alpha value is -1.81. The molecule has 0 aliphatic heterocycles. The molecule has 82 valence electrons. The Bertz CT molecular complexity index is 565. The SMILES string of the molecule is Nc1cc(Cl)ccc1Cn1cccnc1=O. The van der Waals surface area contributed by atoms with Crippen LogP contribution in [0.1, 0.15) is 5.56 Å².